The van der Waals surface area contributed by atoms with Crippen LogP contribution in [0.25, 0.3) is 0 Å². The van der Waals surface area contributed by atoms with Crippen molar-refractivity contribution in [3.05, 3.63) is 0 Å². The fourth-order valence-electron chi connectivity index (χ4n) is 14.8. The van der Waals surface area contributed by atoms with E-state index in [0.717, 1.165) is 102 Å². The zero-order valence-electron chi connectivity index (χ0n) is 74.7. The van der Waals surface area contributed by atoms with E-state index in [1.807, 2.05) is 0 Å². The van der Waals surface area contributed by atoms with E-state index in [1.54, 1.807) is 0 Å². The zero-order valence-corrected chi connectivity index (χ0v) is 76.5. The number of phosphoric ester groups is 2. The molecule has 0 aromatic rings. The van der Waals surface area contributed by atoms with Crippen LogP contribution in [-0.4, -0.2) is 96.7 Å². The van der Waals surface area contributed by atoms with Crippen LogP contribution in [0.5, 0.6) is 0 Å². The van der Waals surface area contributed by atoms with E-state index in [4.69, 9.17) is 37.0 Å². The predicted molar refractivity (Wildman–Crippen MR) is 469 cm³/mol. The molecule has 0 heterocycles. The van der Waals surface area contributed by atoms with Crippen molar-refractivity contribution < 1.29 is 80.2 Å². The van der Waals surface area contributed by atoms with E-state index in [2.05, 4.69) is 41.5 Å². The number of phosphoric acid groups is 2. The lowest BCUT2D eigenvalue weighted by Crippen LogP contribution is -2.30. The molecular weight excluding hydrogens is 1460 g/mol. The lowest BCUT2D eigenvalue weighted by atomic mass is 9.99. The molecule has 0 aliphatic carbocycles. The van der Waals surface area contributed by atoms with Crippen molar-refractivity contribution >= 4 is 39.5 Å². The average molecular weight is 1650 g/mol. The molecule has 0 bridgehead atoms. The first-order chi connectivity index (χ1) is 54.9. The molecular formula is C94H184O17P2. The molecule has 0 rings (SSSR count). The van der Waals surface area contributed by atoms with Gasteiger partial charge in [0.05, 0.1) is 26.4 Å². The molecule has 672 valence electrons. The van der Waals surface area contributed by atoms with Gasteiger partial charge in [-0.3, -0.25) is 37.3 Å². The maximum Gasteiger partial charge on any atom is 0.472 e. The maximum atomic E-state index is 13.2. The van der Waals surface area contributed by atoms with Gasteiger partial charge in [-0.15, -0.1) is 0 Å². The quantitative estimate of drug-likeness (QED) is 0.0222. The van der Waals surface area contributed by atoms with Crippen molar-refractivity contribution in [2.24, 2.45) is 11.8 Å². The van der Waals surface area contributed by atoms with Gasteiger partial charge in [0.1, 0.15) is 19.3 Å². The first-order valence-electron chi connectivity index (χ1n) is 48.5. The molecule has 113 heavy (non-hydrogen) atoms. The van der Waals surface area contributed by atoms with Gasteiger partial charge >= 0.3 is 39.5 Å². The Morgan fingerprint density at radius 1 is 0.257 bits per heavy atom. The van der Waals surface area contributed by atoms with Gasteiger partial charge < -0.3 is 33.8 Å². The van der Waals surface area contributed by atoms with E-state index >= 15 is 0 Å². The number of unbranched alkanes of at least 4 members (excludes halogenated alkanes) is 62. The molecule has 17 nitrogen and oxygen atoms in total. The summed E-state index contributed by atoms with van der Waals surface area (Å²) in [6.07, 6.45) is 80.7. The number of carbonyl (C=O) groups excluding carboxylic acids is 4. The molecule has 0 aromatic carbocycles. The molecule has 0 saturated heterocycles. The summed E-state index contributed by atoms with van der Waals surface area (Å²) in [5.74, 6) is -0.478. The number of hydrogen-bond donors (Lipinski definition) is 3. The van der Waals surface area contributed by atoms with Crippen LogP contribution in [0, 0.1) is 11.8 Å². The first-order valence-corrected chi connectivity index (χ1v) is 51.5. The molecule has 0 aliphatic rings. The Labute approximate surface area is 696 Å². The number of ether oxygens (including phenoxy) is 4. The largest absolute Gasteiger partial charge is 0.472 e. The van der Waals surface area contributed by atoms with Gasteiger partial charge in [-0.1, -0.05) is 459 Å². The van der Waals surface area contributed by atoms with Crippen molar-refractivity contribution in [1.29, 1.82) is 0 Å². The minimum Gasteiger partial charge on any atom is -0.462 e. The molecule has 0 amide bonds. The minimum atomic E-state index is -4.97. The zero-order chi connectivity index (χ0) is 82.7. The summed E-state index contributed by atoms with van der Waals surface area (Å²) < 4.78 is 69.2. The van der Waals surface area contributed by atoms with Gasteiger partial charge in [0, 0.05) is 25.7 Å². The summed E-state index contributed by atoms with van der Waals surface area (Å²) in [5, 5.41) is 10.7. The summed E-state index contributed by atoms with van der Waals surface area (Å²) in [5.41, 5.74) is 0. The maximum absolute atomic E-state index is 13.2. The van der Waals surface area contributed by atoms with Crippen molar-refractivity contribution in [3.63, 3.8) is 0 Å². The number of rotatable bonds is 93. The average Bonchev–Trinajstić information content (AvgIpc) is 0.897. The Kier molecular flexibility index (Phi) is 83.6. The molecule has 0 fully saturated rings. The lowest BCUT2D eigenvalue weighted by Gasteiger charge is -2.21. The molecule has 0 aromatic heterocycles. The van der Waals surface area contributed by atoms with E-state index < -0.39 is 97.5 Å². The normalized spacial score (nSPS) is 13.9. The van der Waals surface area contributed by atoms with Gasteiger partial charge in [0.2, 0.25) is 0 Å². The van der Waals surface area contributed by atoms with Gasteiger partial charge in [-0.25, -0.2) is 9.13 Å². The van der Waals surface area contributed by atoms with Gasteiger partial charge in [-0.05, 0) is 37.5 Å². The van der Waals surface area contributed by atoms with Crippen LogP contribution in [0.1, 0.15) is 510 Å². The topological polar surface area (TPSA) is 237 Å². The van der Waals surface area contributed by atoms with Crippen molar-refractivity contribution in [2.75, 3.05) is 39.6 Å². The van der Waals surface area contributed by atoms with Crippen LogP contribution >= 0.6 is 15.6 Å². The third-order valence-corrected chi connectivity index (χ3v) is 24.5. The first kappa shape index (κ1) is 111. The van der Waals surface area contributed by atoms with Crippen LogP contribution in [0.4, 0.5) is 0 Å². The SMILES string of the molecule is CCCCCCCCCCCCCCCCCCCCCCC(=O)OC[C@H](COP(=O)(O)OC[C@@H](O)COP(=O)(O)OC[C@@H](COC(=O)CCCCCCCCCCCC(C)C)OC(=O)CCCCCCCCCCCCCCCCCCCCC)OC(=O)CCCCCCCCCCCCCCCCCCCCC(C)CC. The van der Waals surface area contributed by atoms with Crippen LogP contribution in [-0.2, 0) is 65.4 Å². The second-order valence-corrected chi connectivity index (χ2v) is 37.4. The summed E-state index contributed by atoms with van der Waals surface area (Å²) in [7, 11) is -9.94. The van der Waals surface area contributed by atoms with Crippen molar-refractivity contribution in [3.8, 4) is 0 Å². The smallest absolute Gasteiger partial charge is 0.462 e. The molecule has 3 N–H and O–H groups in total. The van der Waals surface area contributed by atoms with Crippen LogP contribution in [0.15, 0.2) is 0 Å². The summed E-state index contributed by atoms with van der Waals surface area (Å²) in [6.45, 7) is 9.77. The van der Waals surface area contributed by atoms with E-state index in [0.29, 0.717) is 25.7 Å². The molecule has 19 heteroatoms. The second kappa shape index (κ2) is 85.1. The minimum absolute atomic E-state index is 0.109. The molecule has 0 spiro atoms. The fraction of sp³-hybridized carbons (Fsp3) is 0.957. The van der Waals surface area contributed by atoms with E-state index in [9.17, 15) is 43.2 Å². The number of carbonyl (C=O) groups is 4. The molecule has 0 aliphatic heterocycles. The Balaban J connectivity index is 5.24. The summed E-state index contributed by atoms with van der Waals surface area (Å²) in [4.78, 5) is 73.5. The highest BCUT2D eigenvalue weighted by molar-refractivity contribution is 7.47. The lowest BCUT2D eigenvalue weighted by molar-refractivity contribution is -0.161. The van der Waals surface area contributed by atoms with E-state index in [-0.39, 0.29) is 25.7 Å². The Morgan fingerprint density at radius 2 is 0.451 bits per heavy atom. The van der Waals surface area contributed by atoms with Crippen molar-refractivity contribution in [1.82, 2.24) is 0 Å². The molecule has 0 saturated carbocycles. The number of esters is 4. The van der Waals surface area contributed by atoms with E-state index in [1.165, 1.54) is 327 Å². The van der Waals surface area contributed by atoms with Crippen LogP contribution in [0.2, 0.25) is 0 Å². The fourth-order valence-corrected chi connectivity index (χ4v) is 16.4. The highest BCUT2D eigenvalue weighted by Crippen LogP contribution is 2.45. The van der Waals surface area contributed by atoms with Crippen molar-refractivity contribution in [2.45, 2.75) is 529 Å². The van der Waals surface area contributed by atoms with Crippen LogP contribution in [0.3, 0.4) is 0 Å². The standard InChI is InChI=1S/C94H184O17P2/c1-7-10-12-14-16-18-20-22-24-26-28-30-34-38-42-46-52-58-64-70-76-91(96)104-82-89(110-93(98)78-73-67-61-54-48-44-40-36-32-31-33-37-41-45-51-57-63-69-75-87(6)9-3)84-108-112(100,101)106-80-88(95)81-107-113(102,103)109-85-90(83-105-92(97)77-71-65-59-55-49-50-56-62-68-74-86(4)5)111-94(99)79-72-66-60-53-47-43-39-35-29-27-25-23-21-19-17-15-13-11-8-2/h86-90,95H,7-85H2,1-6H3,(H,100,101)(H,102,103)/t87?,88-,89-,90-/m1/s1. The highest BCUT2D eigenvalue weighted by atomic mass is 31.2. The predicted octanol–water partition coefficient (Wildman–Crippen LogP) is 29.4. The third-order valence-electron chi connectivity index (χ3n) is 22.6. The third kappa shape index (κ3) is 86.3. The summed E-state index contributed by atoms with van der Waals surface area (Å²) >= 11 is 0. The molecule has 6 atom stereocenters. The van der Waals surface area contributed by atoms with Crippen LogP contribution < -0.4 is 0 Å². The summed E-state index contributed by atoms with van der Waals surface area (Å²) in [6, 6.07) is 0. The van der Waals surface area contributed by atoms with Gasteiger partial charge in [-0.2, -0.15) is 0 Å². The Morgan fingerprint density at radius 3 is 0.673 bits per heavy atom. The van der Waals surface area contributed by atoms with Gasteiger partial charge in [0.15, 0.2) is 12.2 Å². The Hall–Kier alpha value is -1.94. The molecule has 3 unspecified atom stereocenters. The highest BCUT2D eigenvalue weighted by Gasteiger charge is 2.31. The Bertz CT molecular complexity index is 2150. The molecule has 0 radical (unpaired) electrons. The number of aliphatic hydroxyl groups is 1. The van der Waals surface area contributed by atoms with Gasteiger partial charge in [0.25, 0.3) is 0 Å². The number of aliphatic hydroxyl groups excluding tert-OH is 1. The number of hydrogen-bond acceptors (Lipinski definition) is 15. The second-order valence-electron chi connectivity index (χ2n) is 34.5. The monoisotopic (exact) mass is 1650 g/mol.